The van der Waals surface area contributed by atoms with Crippen LogP contribution in [0.1, 0.15) is 36.9 Å². The number of aliphatic hydroxyl groups is 1. The van der Waals surface area contributed by atoms with Gasteiger partial charge >= 0.3 is 0 Å². The third-order valence-corrected chi connectivity index (χ3v) is 4.63. The summed E-state index contributed by atoms with van der Waals surface area (Å²) in [5, 5.41) is 17.3. The average molecular weight is 332 g/mol. The standard InChI is InChI=1S/C18H25FN4O/c1-13(20-10-14-11-21-22(2)12-14)17-9-15(19)3-4-18(17)23-7-5-16(24)6-8-23/h3-4,9,11-13,16,20,24H,5-8,10H2,1-2H3. The van der Waals surface area contributed by atoms with E-state index >= 15 is 0 Å². The van der Waals surface area contributed by atoms with Crippen molar-refractivity contribution in [2.45, 2.75) is 38.5 Å². The third-order valence-electron chi connectivity index (χ3n) is 4.63. The normalized spacial score (nSPS) is 17.2. The van der Waals surface area contributed by atoms with Crippen molar-refractivity contribution in [1.82, 2.24) is 15.1 Å². The Labute approximate surface area is 142 Å². The minimum absolute atomic E-state index is 0.0164. The summed E-state index contributed by atoms with van der Waals surface area (Å²) in [6, 6.07) is 4.99. The molecule has 2 heterocycles. The predicted molar refractivity (Wildman–Crippen MR) is 92.3 cm³/mol. The van der Waals surface area contributed by atoms with Gasteiger partial charge in [-0.1, -0.05) is 0 Å². The number of nitrogens with one attached hydrogen (secondary N) is 1. The lowest BCUT2D eigenvalue weighted by Gasteiger charge is -2.34. The molecule has 0 aliphatic carbocycles. The second-order valence-electron chi connectivity index (χ2n) is 6.55. The van der Waals surface area contributed by atoms with Crippen molar-refractivity contribution in [3.63, 3.8) is 0 Å². The molecule has 1 aromatic carbocycles. The first kappa shape index (κ1) is 16.9. The number of aromatic nitrogens is 2. The number of halogens is 1. The van der Waals surface area contributed by atoms with E-state index in [4.69, 9.17) is 0 Å². The van der Waals surface area contributed by atoms with Gasteiger partial charge in [0.15, 0.2) is 0 Å². The number of aryl methyl sites for hydroxylation is 1. The maximum atomic E-state index is 13.8. The number of benzene rings is 1. The van der Waals surface area contributed by atoms with Crippen LogP contribution in [0.4, 0.5) is 10.1 Å². The molecule has 5 nitrogen and oxygen atoms in total. The van der Waals surface area contributed by atoms with Gasteiger partial charge in [-0.3, -0.25) is 4.68 Å². The summed E-state index contributed by atoms with van der Waals surface area (Å²) in [5.74, 6) is -0.221. The zero-order valence-corrected chi connectivity index (χ0v) is 14.2. The summed E-state index contributed by atoms with van der Waals surface area (Å²) in [7, 11) is 1.89. The van der Waals surface area contributed by atoms with Crippen LogP contribution in [0.2, 0.25) is 0 Å². The summed E-state index contributed by atoms with van der Waals surface area (Å²) in [5.41, 5.74) is 3.10. The molecule has 1 aliphatic heterocycles. The number of rotatable bonds is 5. The van der Waals surface area contributed by atoms with Gasteiger partial charge in [-0.05, 0) is 43.5 Å². The molecule has 1 aromatic heterocycles. The molecule has 0 bridgehead atoms. The molecule has 1 fully saturated rings. The van der Waals surface area contributed by atoms with E-state index in [0.717, 1.165) is 42.7 Å². The van der Waals surface area contributed by atoms with E-state index in [1.807, 2.05) is 32.4 Å². The van der Waals surface area contributed by atoms with Crippen LogP contribution in [0.15, 0.2) is 30.6 Å². The predicted octanol–water partition coefficient (Wildman–Crippen LogP) is 2.37. The molecule has 1 atom stereocenters. The highest BCUT2D eigenvalue weighted by molar-refractivity contribution is 5.55. The van der Waals surface area contributed by atoms with Crippen LogP contribution in [0, 0.1) is 5.82 Å². The minimum Gasteiger partial charge on any atom is -0.393 e. The highest BCUT2D eigenvalue weighted by atomic mass is 19.1. The van der Waals surface area contributed by atoms with Gasteiger partial charge in [0.2, 0.25) is 0 Å². The lowest BCUT2D eigenvalue weighted by Crippen LogP contribution is -2.37. The molecule has 24 heavy (non-hydrogen) atoms. The third kappa shape index (κ3) is 3.94. The fourth-order valence-electron chi connectivity index (χ4n) is 3.21. The summed E-state index contributed by atoms with van der Waals surface area (Å²) < 4.78 is 15.6. The van der Waals surface area contributed by atoms with E-state index in [0.29, 0.717) is 6.54 Å². The molecule has 3 rings (SSSR count). The molecule has 0 saturated carbocycles. The first-order valence-electron chi connectivity index (χ1n) is 8.46. The van der Waals surface area contributed by atoms with Gasteiger partial charge < -0.3 is 15.3 Å². The molecule has 1 saturated heterocycles. The lowest BCUT2D eigenvalue weighted by atomic mass is 10.0. The number of anilines is 1. The van der Waals surface area contributed by atoms with Crippen LogP contribution in [0.5, 0.6) is 0 Å². The Bertz CT molecular complexity index is 679. The van der Waals surface area contributed by atoms with Crippen molar-refractivity contribution >= 4 is 5.69 Å². The van der Waals surface area contributed by atoms with Gasteiger partial charge in [-0.25, -0.2) is 4.39 Å². The molecule has 2 N–H and O–H groups in total. The second kappa shape index (κ2) is 7.32. The Hall–Kier alpha value is -1.92. The minimum atomic E-state index is -0.221. The second-order valence-corrected chi connectivity index (χ2v) is 6.55. The maximum absolute atomic E-state index is 13.8. The van der Waals surface area contributed by atoms with Crippen molar-refractivity contribution < 1.29 is 9.50 Å². The first-order chi connectivity index (χ1) is 11.5. The van der Waals surface area contributed by atoms with Crippen molar-refractivity contribution in [3.8, 4) is 0 Å². The number of aliphatic hydroxyl groups excluding tert-OH is 1. The van der Waals surface area contributed by atoms with E-state index in [1.54, 1.807) is 10.7 Å². The van der Waals surface area contributed by atoms with Crippen LogP contribution in [-0.4, -0.2) is 34.1 Å². The maximum Gasteiger partial charge on any atom is 0.123 e. The molecule has 0 amide bonds. The van der Waals surface area contributed by atoms with Crippen LogP contribution in [-0.2, 0) is 13.6 Å². The van der Waals surface area contributed by atoms with Gasteiger partial charge in [0.05, 0.1) is 12.3 Å². The van der Waals surface area contributed by atoms with Crippen molar-refractivity contribution in [2.24, 2.45) is 7.05 Å². The van der Waals surface area contributed by atoms with Crippen LogP contribution >= 0.6 is 0 Å². The molecule has 2 aromatic rings. The van der Waals surface area contributed by atoms with E-state index in [2.05, 4.69) is 15.3 Å². The summed E-state index contributed by atoms with van der Waals surface area (Å²) in [6.45, 7) is 4.33. The van der Waals surface area contributed by atoms with Gasteiger partial charge in [0.25, 0.3) is 0 Å². The van der Waals surface area contributed by atoms with E-state index in [-0.39, 0.29) is 18.0 Å². The van der Waals surface area contributed by atoms with Gasteiger partial charge in [0.1, 0.15) is 5.82 Å². The first-order valence-corrected chi connectivity index (χ1v) is 8.46. The molecular formula is C18H25FN4O. The van der Waals surface area contributed by atoms with Crippen LogP contribution in [0.3, 0.4) is 0 Å². The number of piperidine rings is 1. The molecule has 6 heteroatoms. The summed E-state index contributed by atoms with van der Waals surface area (Å²) >= 11 is 0. The summed E-state index contributed by atoms with van der Waals surface area (Å²) in [6.07, 6.45) is 5.10. The van der Waals surface area contributed by atoms with Gasteiger partial charge in [-0.2, -0.15) is 5.10 Å². The molecule has 1 aliphatic rings. The zero-order valence-electron chi connectivity index (χ0n) is 14.2. The fraction of sp³-hybridized carbons (Fsp3) is 0.500. The highest BCUT2D eigenvalue weighted by Gasteiger charge is 2.21. The van der Waals surface area contributed by atoms with Crippen molar-refractivity contribution in [1.29, 1.82) is 0 Å². The van der Waals surface area contributed by atoms with Gasteiger partial charge in [0, 0.05) is 50.2 Å². The van der Waals surface area contributed by atoms with E-state index in [1.165, 1.54) is 6.07 Å². The average Bonchev–Trinajstić information content (AvgIpc) is 2.99. The fourth-order valence-corrected chi connectivity index (χ4v) is 3.21. The number of hydrogen-bond donors (Lipinski definition) is 2. The smallest absolute Gasteiger partial charge is 0.123 e. The molecule has 0 spiro atoms. The Balaban J connectivity index is 1.74. The van der Waals surface area contributed by atoms with E-state index in [9.17, 15) is 9.50 Å². The quantitative estimate of drug-likeness (QED) is 0.883. The Kier molecular flexibility index (Phi) is 5.16. The monoisotopic (exact) mass is 332 g/mol. The Morgan fingerprint density at radius 1 is 1.38 bits per heavy atom. The Morgan fingerprint density at radius 2 is 2.12 bits per heavy atom. The number of hydrogen-bond acceptors (Lipinski definition) is 4. The highest BCUT2D eigenvalue weighted by Crippen LogP contribution is 2.29. The van der Waals surface area contributed by atoms with E-state index < -0.39 is 0 Å². The van der Waals surface area contributed by atoms with Crippen LogP contribution < -0.4 is 10.2 Å². The van der Waals surface area contributed by atoms with Crippen molar-refractivity contribution in [2.75, 3.05) is 18.0 Å². The molecule has 0 radical (unpaired) electrons. The van der Waals surface area contributed by atoms with Gasteiger partial charge in [-0.15, -0.1) is 0 Å². The largest absolute Gasteiger partial charge is 0.393 e. The summed E-state index contributed by atoms with van der Waals surface area (Å²) in [4.78, 5) is 2.24. The Morgan fingerprint density at radius 3 is 2.79 bits per heavy atom. The lowest BCUT2D eigenvalue weighted by molar-refractivity contribution is 0.145. The zero-order chi connectivity index (χ0) is 17.1. The van der Waals surface area contributed by atoms with Crippen LogP contribution in [0.25, 0.3) is 0 Å². The topological polar surface area (TPSA) is 53.3 Å². The number of nitrogens with zero attached hydrogens (tertiary/aromatic N) is 3. The van der Waals surface area contributed by atoms with Crippen molar-refractivity contribution in [3.05, 3.63) is 47.5 Å². The molecule has 130 valence electrons. The molecule has 1 unspecified atom stereocenters. The molecular weight excluding hydrogens is 307 g/mol. The SMILES string of the molecule is CC(NCc1cnn(C)c1)c1cc(F)ccc1N1CCC(O)CC1.